The molecule has 0 aliphatic heterocycles. The summed E-state index contributed by atoms with van der Waals surface area (Å²) in [4.78, 5) is 12.7. The Kier molecular flexibility index (Phi) is 24.4. The van der Waals surface area contributed by atoms with Crippen molar-refractivity contribution in [2.24, 2.45) is 0 Å². The van der Waals surface area contributed by atoms with Crippen molar-refractivity contribution in [2.45, 2.75) is 194 Å². The van der Waals surface area contributed by atoms with E-state index in [1.165, 1.54) is 189 Å². The monoisotopic (exact) mass is 787 g/mol. The Morgan fingerprint density at radius 3 is 0.948 bits per heavy atom. The maximum atomic E-state index is 12.7. The molecule has 0 spiro atoms. The molecule has 3 nitrogen and oxygen atoms in total. The van der Waals surface area contributed by atoms with Crippen LogP contribution in [0.4, 0.5) is 4.79 Å². The number of carbonyl (C=O) groups is 1. The van der Waals surface area contributed by atoms with E-state index >= 15 is 0 Å². The minimum absolute atomic E-state index is 0.466. The first kappa shape index (κ1) is 46.8. The highest BCUT2D eigenvalue weighted by molar-refractivity contribution is 5.70. The number of carbonyl (C=O) groups excluding carboxylic acids is 1. The molecule has 0 saturated heterocycles. The molecule has 4 aromatic carbocycles. The first-order chi connectivity index (χ1) is 28.6. The molecule has 0 amide bonds. The number of ether oxygens (including phenoxy) is 2. The molecule has 0 N–H and O–H groups in total. The highest BCUT2D eigenvalue weighted by Crippen LogP contribution is 2.27. The molecule has 0 aliphatic rings. The maximum absolute atomic E-state index is 12.7. The molecule has 0 bridgehead atoms. The smallest absolute Gasteiger partial charge is 0.395 e. The number of benzene rings is 4. The summed E-state index contributed by atoms with van der Waals surface area (Å²) in [6.45, 7) is 4.58. The van der Waals surface area contributed by atoms with E-state index in [1.807, 2.05) is 48.5 Å². The van der Waals surface area contributed by atoms with E-state index in [0.29, 0.717) is 11.5 Å². The van der Waals surface area contributed by atoms with Gasteiger partial charge >= 0.3 is 6.16 Å². The van der Waals surface area contributed by atoms with E-state index in [4.69, 9.17) is 9.47 Å². The van der Waals surface area contributed by atoms with Crippen LogP contribution < -0.4 is 9.47 Å². The van der Waals surface area contributed by atoms with Crippen molar-refractivity contribution in [2.75, 3.05) is 0 Å². The molecule has 0 aromatic heterocycles. The third-order valence-electron chi connectivity index (χ3n) is 11.8. The highest BCUT2D eigenvalue weighted by atomic mass is 16.7. The number of aryl methyl sites for hydroxylation is 2. The van der Waals surface area contributed by atoms with Crippen molar-refractivity contribution in [3.05, 3.63) is 108 Å². The van der Waals surface area contributed by atoms with Gasteiger partial charge in [-0.3, -0.25) is 0 Å². The van der Waals surface area contributed by atoms with Crippen LogP contribution in [-0.2, 0) is 12.8 Å². The fourth-order valence-electron chi connectivity index (χ4n) is 8.15. The molecule has 3 heteroatoms. The molecule has 0 unspecified atom stereocenters. The van der Waals surface area contributed by atoms with Gasteiger partial charge in [0, 0.05) is 0 Å². The molecule has 0 saturated carbocycles. The summed E-state index contributed by atoms with van der Waals surface area (Å²) >= 11 is 0. The largest absolute Gasteiger partial charge is 0.519 e. The summed E-state index contributed by atoms with van der Waals surface area (Å²) in [5, 5.41) is 0. The number of rotatable bonds is 32. The van der Waals surface area contributed by atoms with E-state index in [0.717, 1.165) is 24.0 Å². The normalized spacial score (nSPS) is 11.2. The third-order valence-corrected chi connectivity index (χ3v) is 11.8. The topological polar surface area (TPSA) is 35.5 Å². The first-order valence-corrected chi connectivity index (χ1v) is 23.9. The molecule has 4 aromatic rings. The summed E-state index contributed by atoms with van der Waals surface area (Å²) in [5.41, 5.74) is 7.35. The molecular weight excluding hydrogens is 709 g/mol. The lowest BCUT2D eigenvalue weighted by Crippen LogP contribution is -2.13. The molecular formula is C55H78O3. The van der Waals surface area contributed by atoms with Gasteiger partial charge in [0.2, 0.25) is 0 Å². The van der Waals surface area contributed by atoms with Gasteiger partial charge in [-0.25, -0.2) is 4.79 Å². The quantitative estimate of drug-likeness (QED) is 0.0281. The zero-order chi connectivity index (χ0) is 40.7. The Labute approximate surface area is 354 Å². The minimum atomic E-state index is -0.736. The van der Waals surface area contributed by atoms with Gasteiger partial charge in [0.25, 0.3) is 0 Å². The molecule has 0 fully saturated rings. The van der Waals surface area contributed by atoms with E-state index in [1.54, 1.807) is 0 Å². The van der Waals surface area contributed by atoms with Crippen molar-refractivity contribution in [1.82, 2.24) is 0 Å². The number of unbranched alkanes of at least 4 members (excludes halogenated alkanes) is 24. The second kappa shape index (κ2) is 30.2. The summed E-state index contributed by atoms with van der Waals surface area (Å²) in [5.74, 6) is 0.933. The summed E-state index contributed by atoms with van der Waals surface area (Å²) < 4.78 is 11.1. The maximum Gasteiger partial charge on any atom is 0.519 e. The van der Waals surface area contributed by atoms with Crippen LogP contribution >= 0.6 is 0 Å². The summed E-state index contributed by atoms with van der Waals surface area (Å²) in [7, 11) is 0. The Bertz CT molecular complexity index is 1500. The van der Waals surface area contributed by atoms with Crippen molar-refractivity contribution in [3.63, 3.8) is 0 Å². The molecule has 4 rings (SSSR count). The average Bonchev–Trinajstić information content (AvgIpc) is 3.25. The van der Waals surface area contributed by atoms with Crippen LogP contribution in [0.1, 0.15) is 192 Å². The van der Waals surface area contributed by atoms with Gasteiger partial charge in [0.1, 0.15) is 11.5 Å². The summed E-state index contributed by atoms with van der Waals surface area (Å²) in [6, 6.07) is 33.1. The van der Waals surface area contributed by atoms with Crippen LogP contribution in [0.5, 0.6) is 11.5 Å². The lowest BCUT2D eigenvalue weighted by atomic mass is 9.99. The Morgan fingerprint density at radius 2 is 0.638 bits per heavy atom. The fourth-order valence-corrected chi connectivity index (χ4v) is 8.15. The SMILES string of the molecule is CCCCCCCCCCCCCCCc1cccc(-c2ccc(OC(=O)Oc3ccc(-c4cccc(CCCCCCCCCCCCCCC)c4)cc3)cc2)c1. The Morgan fingerprint density at radius 1 is 0.345 bits per heavy atom. The molecule has 0 heterocycles. The van der Waals surface area contributed by atoms with Crippen LogP contribution in [0.25, 0.3) is 22.3 Å². The van der Waals surface area contributed by atoms with Gasteiger partial charge in [0.05, 0.1) is 0 Å². The van der Waals surface area contributed by atoms with Gasteiger partial charge in [-0.05, 0) is 83.3 Å². The van der Waals surface area contributed by atoms with Crippen molar-refractivity contribution in [3.8, 4) is 33.8 Å². The molecule has 0 aliphatic carbocycles. The third kappa shape index (κ3) is 20.2. The lowest BCUT2D eigenvalue weighted by Gasteiger charge is -2.09. The van der Waals surface area contributed by atoms with Crippen molar-refractivity contribution >= 4 is 6.16 Å². The van der Waals surface area contributed by atoms with Gasteiger partial charge < -0.3 is 9.47 Å². The van der Waals surface area contributed by atoms with Gasteiger partial charge in [-0.2, -0.15) is 0 Å². The van der Waals surface area contributed by atoms with Crippen molar-refractivity contribution < 1.29 is 14.3 Å². The number of hydrogen-bond donors (Lipinski definition) is 0. The predicted octanol–water partition coefficient (Wildman–Crippen LogP) is 17.9. The van der Waals surface area contributed by atoms with E-state index in [9.17, 15) is 4.79 Å². The Balaban J connectivity index is 1.09. The van der Waals surface area contributed by atoms with Crippen LogP contribution in [-0.4, -0.2) is 6.16 Å². The van der Waals surface area contributed by atoms with Gasteiger partial charge in [-0.15, -0.1) is 0 Å². The van der Waals surface area contributed by atoms with E-state index < -0.39 is 6.16 Å². The van der Waals surface area contributed by atoms with Crippen LogP contribution in [0.3, 0.4) is 0 Å². The Hall–Kier alpha value is -3.85. The van der Waals surface area contributed by atoms with Crippen LogP contribution in [0.2, 0.25) is 0 Å². The van der Waals surface area contributed by atoms with Crippen LogP contribution in [0.15, 0.2) is 97.1 Å². The van der Waals surface area contributed by atoms with E-state index in [2.05, 4.69) is 62.4 Å². The molecule has 316 valence electrons. The number of hydrogen-bond acceptors (Lipinski definition) is 3. The highest BCUT2D eigenvalue weighted by Gasteiger charge is 2.10. The summed E-state index contributed by atoms with van der Waals surface area (Å²) in [6.07, 6.45) is 37.3. The van der Waals surface area contributed by atoms with Crippen molar-refractivity contribution in [1.29, 1.82) is 0 Å². The first-order valence-electron chi connectivity index (χ1n) is 23.9. The zero-order valence-electron chi connectivity index (χ0n) is 36.8. The van der Waals surface area contributed by atoms with Gasteiger partial charge in [-0.1, -0.05) is 241 Å². The molecule has 58 heavy (non-hydrogen) atoms. The standard InChI is InChI=1S/C55H78O3/c1-3-5-7-9-11-13-15-17-19-21-23-25-27-31-47-33-29-35-51(45-47)49-37-41-53(42-38-49)57-55(56)58-54-43-39-50(40-44-54)52-36-30-34-48(46-52)32-28-26-24-22-20-18-16-14-12-10-8-6-4-2/h29-30,33-46H,3-28,31-32H2,1-2H3. The molecule has 0 radical (unpaired) electrons. The predicted molar refractivity (Wildman–Crippen MR) is 249 cm³/mol. The molecule has 0 atom stereocenters. The fraction of sp³-hybridized carbons (Fsp3) is 0.545. The minimum Gasteiger partial charge on any atom is -0.395 e. The average molecular weight is 787 g/mol. The second-order valence-electron chi connectivity index (χ2n) is 16.9. The van der Waals surface area contributed by atoms with E-state index in [-0.39, 0.29) is 0 Å². The van der Waals surface area contributed by atoms with Crippen LogP contribution in [0, 0.1) is 0 Å². The van der Waals surface area contributed by atoms with Gasteiger partial charge in [0.15, 0.2) is 0 Å². The zero-order valence-corrected chi connectivity index (χ0v) is 36.8. The lowest BCUT2D eigenvalue weighted by molar-refractivity contribution is 0.152. The second-order valence-corrected chi connectivity index (χ2v) is 16.9.